The summed E-state index contributed by atoms with van der Waals surface area (Å²) in [5.74, 6) is 0.0152. The largest absolute Gasteiger partial charge is 0.492 e. The second-order valence-electron chi connectivity index (χ2n) is 4.51. The molecular formula is C16H15ClFNO2. The molecular weight excluding hydrogens is 293 g/mol. The van der Waals surface area contributed by atoms with Crippen molar-refractivity contribution in [2.45, 2.75) is 0 Å². The predicted octanol–water partition coefficient (Wildman–Crippen LogP) is 3.63. The molecule has 2 aromatic carbocycles. The molecule has 0 aliphatic carbocycles. The standard InChI is InChI=1S/C16H15ClFNO2/c1-19(9-10-21-13-5-3-2-4-6-13)16(20)14-8-7-12(18)11-15(14)17/h2-8,11H,9-10H2,1H3. The van der Waals surface area contributed by atoms with E-state index in [0.717, 1.165) is 11.8 Å². The lowest BCUT2D eigenvalue weighted by molar-refractivity contribution is 0.0774. The van der Waals surface area contributed by atoms with Crippen LogP contribution in [0, 0.1) is 5.82 Å². The van der Waals surface area contributed by atoms with Crippen LogP contribution >= 0.6 is 11.6 Å². The molecule has 0 aromatic heterocycles. The van der Waals surface area contributed by atoms with Crippen molar-refractivity contribution in [2.24, 2.45) is 0 Å². The van der Waals surface area contributed by atoms with Gasteiger partial charge in [0.15, 0.2) is 0 Å². The lowest BCUT2D eigenvalue weighted by Crippen LogP contribution is -2.31. The van der Waals surface area contributed by atoms with Crippen molar-refractivity contribution in [3.8, 4) is 5.75 Å². The van der Waals surface area contributed by atoms with Gasteiger partial charge in [0.25, 0.3) is 5.91 Å². The van der Waals surface area contributed by atoms with Crippen molar-refractivity contribution in [1.82, 2.24) is 4.90 Å². The fourth-order valence-electron chi connectivity index (χ4n) is 1.79. The van der Waals surface area contributed by atoms with Crippen LogP contribution in [0.2, 0.25) is 5.02 Å². The monoisotopic (exact) mass is 307 g/mol. The average molecular weight is 308 g/mol. The number of para-hydroxylation sites is 1. The van der Waals surface area contributed by atoms with Crippen LogP contribution in [0.1, 0.15) is 10.4 Å². The molecule has 0 atom stereocenters. The average Bonchev–Trinajstić information content (AvgIpc) is 2.47. The maximum absolute atomic E-state index is 13.0. The Kier molecular flexibility index (Phi) is 5.17. The summed E-state index contributed by atoms with van der Waals surface area (Å²) in [5.41, 5.74) is 0.278. The first-order chi connectivity index (χ1) is 10.1. The van der Waals surface area contributed by atoms with Gasteiger partial charge in [-0.2, -0.15) is 0 Å². The van der Waals surface area contributed by atoms with Crippen LogP contribution in [0.15, 0.2) is 48.5 Å². The highest BCUT2D eigenvalue weighted by Gasteiger charge is 2.15. The van der Waals surface area contributed by atoms with Gasteiger partial charge in [0.05, 0.1) is 17.1 Å². The molecule has 2 rings (SSSR count). The second kappa shape index (κ2) is 7.09. The molecule has 0 unspecified atom stereocenters. The van der Waals surface area contributed by atoms with Crippen LogP contribution in [0.25, 0.3) is 0 Å². The minimum absolute atomic E-state index is 0.107. The Morgan fingerprint density at radius 1 is 1.24 bits per heavy atom. The summed E-state index contributed by atoms with van der Waals surface area (Å²) in [7, 11) is 1.65. The lowest BCUT2D eigenvalue weighted by atomic mass is 10.2. The van der Waals surface area contributed by atoms with E-state index < -0.39 is 5.82 Å². The SMILES string of the molecule is CN(CCOc1ccccc1)C(=O)c1ccc(F)cc1Cl. The van der Waals surface area contributed by atoms with Gasteiger partial charge < -0.3 is 9.64 Å². The number of benzene rings is 2. The summed E-state index contributed by atoms with van der Waals surface area (Å²) >= 11 is 5.88. The van der Waals surface area contributed by atoms with Gasteiger partial charge in [0.2, 0.25) is 0 Å². The molecule has 0 spiro atoms. The number of rotatable bonds is 5. The van der Waals surface area contributed by atoms with E-state index in [0.29, 0.717) is 13.2 Å². The molecule has 3 nitrogen and oxygen atoms in total. The molecule has 21 heavy (non-hydrogen) atoms. The number of hydrogen-bond acceptors (Lipinski definition) is 2. The van der Waals surface area contributed by atoms with Crippen LogP contribution in [0.5, 0.6) is 5.75 Å². The maximum Gasteiger partial charge on any atom is 0.255 e. The normalized spacial score (nSPS) is 10.2. The number of ether oxygens (including phenoxy) is 1. The van der Waals surface area contributed by atoms with Gasteiger partial charge in [-0.3, -0.25) is 4.79 Å². The van der Waals surface area contributed by atoms with Crippen molar-refractivity contribution in [1.29, 1.82) is 0 Å². The van der Waals surface area contributed by atoms with Gasteiger partial charge in [0, 0.05) is 7.05 Å². The Balaban J connectivity index is 1.90. The quantitative estimate of drug-likeness (QED) is 0.844. The fourth-order valence-corrected chi connectivity index (χ4v) is 2.04. The van der Waals surface area contributed by atoms with Crippen molar-refractivity contribution in [3.63, 3.8) is 0 Å². The van der Waals surface area contributed by atoms with E-state index in [2.05, 4.69) is 0 Å². The molecule has 0 aliphatic rings. The van der Waals surface area contributed by atoms with Crippen LogP contribution in [0.4, 0.5) is 4.39 Å². The smallest absolute Gasteiger partial charge is 0.255 e. The Morgan fingerprint density at radius 2 is 1.95 bits per heavy atom. The van der Waals surface area contributed by atoms with E-state index in [1.54, 1.807) is 7.05 Å². The van der Waals surface area contributed by atoms with Crippen LogP contribution in [-0.2, 0) is 0 Å². The maximum atomic E-state index is 13.0. The fraction of sp³-hybridized carbons (Fsp3) is 0.188. The highest BCUT2D eigenvalue weighted by Crippen LogP contribution is 2.18. The number of hydrogen-bond donors (Lipinski definition) is 0. The van der Waals surface area contributed by atoms with Crippen molar-refractivity contribution in [3.05, 3.63) is 64.9 Å². The Morgan fingerprint density at radius 3 is 2.62 bits per heavy atom. The van der Waals surface area contributed by atoms with Gasteiger partial charge in [-0.1, -0.05) is 29.8 Å². The summed E-state index contributed by atoms with van der Waals surface area (Å²) < 4.78 is 18.5. The molecule has 0 saturated heterocycles. The Labute approximate surface area is 127 Å². The number of carbonyl (C=O) groups is 1. The first-order valence-electron chi connectivity index (χ1n) is 6.46. The van der Waals surface area contributed by atoms with Gasteiger partial charge >= 0.3 is 0 Å². The molecule has 110 valence electrons. The van der Waals surface area contributed by atoms with E-state index in [4.69, 9.17) is 16.3 Å². The zero-order valence-electron chi connectivity index (χ0n) is 11.6. The molecule has 0 fully saturated rings. The number of amides is 1. The van der Waals surface area contributed by atoms with Gasteiger partial charge in [0.1, 0.15) is 18.2 Å². The molecule has 0 bridgehead atoms. The summed E-state index contributed by atoms with van der Waals surface area (Å²) in [6.07, 6.45) is 0. The van der Waals surface area contributed by atoms with E-state index in [1.165, 1.54) is 17.0 Å². The molecule has 1 amide bonds. The highest BCUT2D eigenvalue weighted by atomic mass is 35.5. The molecule has 0 radical (unpaired) electrons. The van der Waals surface area contributed by atoms with Crippen LogP contribution in [0.3, 0.4) is 0 Å². The third-order valence-corrected chi connectivity index (χ3v) is 3.26. The first-order valence-corrected chi connectivity index (χ1v) is 6.84. The number of nitrogens with zero attached hydrogens (tertiary/aromatic N) is 1. The van der Waals surface area contributed by atoms with Crippen molar-refractivity contribution >= 4 is 17.5 Å². The number of halogens is 2. The van der Waals surface area contributed by atoms with Gasteiger partial charge in [-0.25, -0.2) is 4.39 Å². The summed E-state index contributed by atoms with van der Waals surface area (Å²) in [5, 5.41) is 0.107. The second-order valence-corrected chi connectivity index (χ2v) is 4.92. The van der Waals surface area contributed by atoms with E-state index in [-0.39, 0.29) is 16.5 Å². The van der Waals surface area contributed by atoms with Crippen molar-refractivity contribution < 1.29 is 13.9 Å². The third kappa shape index (κ3) is 4.20. The molecule has 0 heterocycles. The zero-order valence-corrected chi connectivity index (χ0v) is 12.3. The Hall–Kier alpha value is -2.07. The van der Waals surface area contributed by atoms with Crippen molar-refractivity contribution in [2.75, 3.05) is 20.2 Å². The molecule has 0 aliphatic heterocycles. The predicted molar refractivity (Wildman–Crippen MR) is 80.3 cm³/mol. The first kappa shape index (κ1) is 15.3. The van der Waals surface area contributed by atoms with Gasteiger partial charge in [-0.15, -0.1) is 0 Å². The van der Waals surface area contributed by atoms with E-state index >= 15 is 0 Å². The lowest BCUT2D eigenvalue weighted by Gasteiger charge is -2.18. The molecule has 2 aromatic rings. The topological polar surface area (TPSA) is 29.5 Å². The van der Waals surface area contributed by atoms with Gasteiger partial charge in [-0.05, 0) is 30.3 Å². The summed E-state index contributed by atoms with van der Waals surface area (Å²) in [6, 6.07) is 13.1. The van der Waals surface area contributed by atoms with E-state index in [9.17, 15) is 9.18 Å². The molecule has 0 saturated carbocycles. The molecule has 0 N–H and O–H groups in total. The minimum atomic E-state index is -0.466. The van der Waals surface area contributed by atoms with E-state index in [1.807, 2.05) is 30.3 Å². The summed E-state index contributed by atoms with van der Waals surface area (Å²) in [4.78, 5) is 13.7. The minimum Gasteiger partial charge on any atom is -0.492 e. The van der Waals surface area contributed by atoms with Crippen LogP contribution in [-0.4, -0.2) is 31.0 Å². The highest BCUT2D eigenvalue weighted by molar-refractivity contribution is 6.33. The summed E-state index contributed by atoms with van der Waals surface area (Å²) in [6.45, 7) is 0.770. The van der Waals surface area contributed by atoms with Crippen LogP contribution < -0.4 is 4.74 Å². The third-order valence-electron chi connectivity index (χ3n) is 2.95. The zero-order chi connectivity index (χ0) is 15.2. The number of carbonyl (C=O) groups excluding carboxylic acids is 1. The molecule has 5 heteroatoms. The Bertz CT molecular complexity index is 619. The number of likely N-dealkylation sites (N-methyl/N-ethyl adjacent to an activating group) is 1.